The first-order valence-corrected chi connectivity index (χ1v) is 10.1. The van der Waals surface area contributed by atoms with E-state index in [0.29, 0.717) is 16.9 Å². The second-order valence-electron chi connectivity index (χ2n) is 7.75. The quantitative estimate of drug-likeness (QED) is 0.687. The summed E-state index contributed by atoms with van der Waals surface area (Å²) in [6.45, 7) is 0.0958. The topological polar surface area (TPSA) is 79.6 Å². The molecule has 5 rings (SSSR count). The molecule has 162 valence electrons. The molecule has 2 amide bonds. The number of nitrogens with zero attached hydrogens (tertiary/aromatic N) is 4. The van der Waals surface area contributed by atoms with Crippen molar-refractivity contribution in [1.29, 1.82) is 0 Å². The third kappa shape index (κ3) is 3.35. The first-order chi connectivity index (χ1) is 15.4. The number of benzene rings is 2. The Morgan fingerprint density at radius 1 is 1.12 bits per heavy atom. The van der Waals surface area contributed by atoms with Gasteiger partial charge in [0, 0.05) is 30.3 Å². The lowest BCUT2D eigenvalue weighted by molar-refractivity contribution is -0.119. The predicted octanol–water partition coefficient (Wildman–Crippen LogP) is 2.49. The van der Waals surface area contributed by atoms with E-state index in [0.717, 1.165) is 0 Å². The molecule has 9 heteroatoms. The van der Waals surface area contributed by atoms with Crippen LogP contribution in [0.5, 0.6) is 0 Å². The highest BCUT2D eigenvalue weighted by molar-refractivity contribution is 6.20. The number of nitrogens with one attached hydrogen (secondary N) is 1. The van der Waals surface area contributed by atoms with Crippen LogP contribution in [-0.4, -0.2) is 46.7 Å². The summed E-state index contributed by atoms with van der Waals surface area (Å²) in [4.78, 5) is 31.9. The average molecular weight is 435 g/mol. The molecule has 0 saturated heterocycles. The number of hydrogen-bond acceptors (Lipinski definition) is 4. The van der Waals surface area contributed by atoms with Crippen molar-refractivity contribution in [3.8, 4) is 0 Å². The zero-order chi connectivity index (χ0) is 22.4. The minimum absolute atomic E-state index is 0.0757. The molecule has 32 heavy (non-hydrogen) atoms. The molecule has 1 N–H and O–H groups in total. The molecule has 0 spiro atoms. The maximum atomic E-state index is 14.7. The van der Waals surface area contributed by atoms with Gasteiger partial charge in [0.15, 0.2) is 5.69 Å². The number of carbonyl (C=O) groups excluding carboxylic acids is 2. The van der Waals surface area contributed by atoms with E-state index in [1.807, 2.05) is 0 Å². The lowest BCUT2D eigenvalue weighted by Crippen LogP contribution is -2.46. The molecule has 3 aromatic rings. The number of anilines is 1. The molecule has 3 heterocycles. The number of amides is 2. The van der Waals surface area contributed by atoms with Gasteiger partial charge < -0.3 is 10.2 Å². The number of benzodiazepines with no additional fused rings is 1. The molecule has 2 atom stereocenters. The lowest BCUT2D eigenvalue weighted by atomic mass is 10.00. The molecule has 0 radical (unpaired) electrons. The van der Waals surface area contributed by atoms with Crippen LogP contribution in [0.15, 0.2) is 59.6 Å². The van der Waals surface area contributed by atoms with E-state index >= 15 is 0 Å². The summed E-state index contributed by atoms with van der Waals surface area (Å²) in [5.41, 5.74) is 2.29. The fourth-order valence-electron chi connectivity index (χ4n) is 4.05. The number of para-hydroxylation sites is 1. The highest BCUT2D eigenvalue weighted by atomic mass is 19.1. The Hall–Kier alpha value is -3.88. The van der Waals surface area contributed by atoms with Gasteiger partial charge in [-0.15, -0.1) is 0 Å². The SMILES string of the molecule is CN1C(=O)C(NC(=O)c2cc3n(n2)CC(F)C3)N=C(c2ccccc2F)c2ccccc21. The Morgan fingerprint density at radius 2 is 1.84 bits per heavy atom. The van der Waals surface area contributed by atoms with Gasteiger partial charge in [-0.1, -0.05) is 30.3 Å². The van der Waals surface area contributed by atoms with E-state index in [1.165, 1.54) is 21.7 Å². The van der Waals surface area contributed by atoms with Crippen LogP contribution in [0.1, 0.15) is 27.3 Å². The maximum Gasteiger partial charge on any atom is 0.273 e. The minimum Gasteiger partial charge on any atom is -0.321 e. The Morgan fingerprint density at radius 3 is 2.59 bits per heavy atom. The normalized spacial score (nSPS) is 19.8. The molecular weight excluding hydrogens is 416 g/mol. The summed E-state index contributed by atoms with van der Waals surface area (Å²) in [5.74, 6) is -1.58. The molecule has 0 bridgehead atoms. The van der Waals surface area contributed by atoms with E-state index in [2.05, 4.69) is 15.4 Å². The van der Waals surface area contributed by atoms with Crippen LogP contribution in [0, 0.1) is 5.82 Å². The van der Waals surface area contributed by atoms with E-state index in [1.54, 1.807) is 49.5 Å². The number of carbonyl (C=O) groups is 2. The van der Waals surface area contributed by atoms with Crippen molar-refractivity contribution in [2.24, 2.45) is 4.99 Å². The first kappa shape index (κ1) is 20.0. The first-order valence-electron chi connectivity index (χ1n) is 10.1. The molecule has 2 aromatic carbocycles. The molecular formula is C23H19F2N5O2. The number of likely N-dealkylation sites (N-methyl/N-ethyl adjacent to an activating group) is 1. The fourth-order valence-corrected chi connectivity index (χ4v) is 4.05. The molecule has 2 aliphatic heterocycles. The van der Waals surface area contributed by atoms with Crippen LogP contribution in [0.25, 0.3) is 0 Å². The van der Waals surface area contributed by atoms with Crippen molar-refractivity contribution in [2.75, 3.05) is 11.9 Å². The molecule has 0 saturated carbocycles. The number of alkyl halides is 1. The minimum atomic E-state index is -1.29. The van der Waals surface area contributed by atoms with Gasteiger partial charge in [-0.2, -0.15) is 5.10 Å². The van der Waals surface area contributed by atoms with Crippen LogP contribution >= 0.6 is 0 Å². The number of hydrogen-bond donors (Lipinski definition) is 1. The number of rotatable bonds is 3. The number of aliphatic imine (C=N–C) groups is 1. The lowest BCUT2D eigenvalue weighted by Gasteiger charge is -2.20. The zero-order valence-corrected chi connectivity index (χ0v) is 17.1. The second kappa shape index (κ2) is 7.67. The summed E-state index contributed by atoms with van der Waals surface area (Å²) in [6, 6.07) is 14.7. The second-order valence-corrected chi connectivity index (χ2v) is 7.75. The fraction of sp³-hybridized carbons (Fsp3) is 0.217. The number of halogens is 2. The van der Waals surface area contributed by atoms with Gasteiger partial charge in [0.05, 0.1) is 17.9 Å². The highest BCUT2D eigenvalue weighted by Crippen LogP contribution is 2.28. The summed E-state index contributed by atoms with van der Waals surface area (Å²) in [5, 5.41) is 6.74. The van der Waals surface area contributed by atoms with Crippen molar-refractivity contribution in [1.82, 2.24) is 15.1 Å². The summed E-state index contributed by atoms with van der Waals surface area (Å²) >= 11 is 0. The van der Waals surface area contributed by atoms with Crippen LogP contribution in [0.4, 0.5) is 14.5 Å². The van der Waals surface area contributed by atoms with Gasteiger partial charge in [0.25, 0.3) is 11.8 Å². The monoisotopic (exact) mass is 435 g/mol. The van der Waals surface area contributed by atoms with Crippen LogP contribution < -0.4 is 10.2 Å². The van der Waals surface area contributed by atoms with Crippen LogP contribution in [0.3, 0.4) is 0 Å². The molecule has 7 nitrogen and oxygen atoms in total. The van der Waals surface area contributed by atoms with Crippen molar-refractivity contribution in [2.45, 2.75) is 25.3 Å². The molecule has 2 unspecified atom stereocenters. The molecule has 0 aliphatic carbocycles. The summed E-state index contributed by atoms with van der Waals surface area (Å²) < 4.78 is 29.6. The maximum absolute atomic E-state index is 14.7. The van der Waals surface area contributed by atoms with Crippen molar-refractivity contribution in [3.05, 3.63) is 82.9 Å². The van der Waals surface area contributed by atoms with E-state index in [-0.39, 0.29) is 29.9 Å². The van der Waals surface area contributed by atoms with Crippen molar-refractivity contribution >= 4 is 23.2 Å². The Balaban J connectivity index is 1.54. The van der Waals surface area contributed by atoms with Gasteiger partial charge in [-0.25, -0.2) is 13.8 Å². The van der Waals surface area contributed by atoms with Crippen LogP contribution in [-0.2, 0) is 17.8 Å². The third-order valence-corrected chi connectivity index (χ3v) is 5.64. The van der Waals surface area contributed by atoms with Crippen molar-refractivity contribution in [3.63, 3.8) is 0 Å². The Kier molecular flexibility index (Phi) is 4.80. The van der Waals surface area contributed by atoms with E-state index in [4.69, 9.17) is 0 Å². The van der Waals surface area contributed by atoms with Gasteiger partial charge in [0.2, 0.25) is 6.17 Å². The standard InChI is InChI=1S/C23H19F2N5O2/c1-29-19-9-5-3-7-16(19)20(15-6-2-4-8-17(15)25)26-21(23(29)32)27-22(31)18-11-14-10-13(24)12-30(14)28-18/h2-9,11,13,21H,10,12H2,1H3,(H,27,31). The average Bonchev–Trinajstić information content (AvgIpc) is 3.31. The number of aromatic nitrogens is 2. The molecule has 2 aliphatic rings. The van der Waals surface area contributed by atoms with E-state index < -0.39 is 30.0 Å². The van der Waals surface area contributed by atoms with Gasteiger partial charge in [0.1, 0.15) is 12.0 Å². The smallest absolute Gasteiger partial charge is 0.273 e. The summed E-state index contributed by atoms with van der Waals surface area (Å²) in [7, 11) is 1.58. The predicted molar refractivity (Wildman–Crippen MR) is 114 cm³/mol. The Bertz CT molecular complexity index is 1250. The van der Waals surface area contributed by atoms with Gasteiger partial charge in [-0.05, 0) is 24.3 Å². The zero-order valence-electron chi connectivity index (χ0n) is 17.1. The van der Waals surface area contributed by atoms with Gasteiger partial charge >= 0.3 is 0 Å². The van der Waals surface area contributed by atoms with Gasteiger partial charge in [-0.3, -0.25) is 14.3 Å². The van der Waals surface area contributed by atoms with E-state index in [9.17, 15) is 18.4 Å². The Labute approximate surface area is 182 Å². The third-order valence-electron chi connectivity index (χ3n) is 5.64. The summed E-state index contributed by atoms with van der Waals surface area (Å²) in [6.07, 6.45) is -2.12. The molecule has 0 fully saturated rings. The largest absolute Gasteiger partial charge is 0.321 e. The van der Waals surface area contributed by atoms with Crippen LogP contribution in [0.2, 0.25) is 0 Å². The molecule has 1 aromatic heterocycles. The highest BCUT2D eigenvalue weighted by Gasteiger charge is 2.33. The van der Waals surface area contributed by atoms with Crippen molar-refractivity contribution < 1.29 is 18.4 Å². The number of fused-ring (bicyclic) bond motifs is 2.